The molecule has 1 N–H and O–H groups in total. The van der Waals surface area contributed by atoms with Crippen LogP contribution in [0.15, 0.2) is 30.5 Å². The molecule has 1 aromatic carbocycles. The molecular weight excluding hydrogens is 262 g/mol. The van der Waals surface area contributed by atoms with Crippen molar-refractivity contribution in [1.82, 2.24) is 14.8 Å². The highest BCUT2D eigenvalue weighted by Gasteiger charge is 2.34. The lowest BCUT2D eigenvalue weighted by molar-refractivity contribution is 0.0939. The molecule has 2 fully saturated rings. The van der Waals surface area contributed by atoms with E-state index in [1.807, 2.05) is 31.4 Å². The predicted molar refractivity (Wildman–Crippen MR) is 83.4 cm³/mol. The highest BCUT2D eigenvalue weighted by molar-refractivity contribution is 6.06. The highest BCUT2D eigenvalue weighted by atomic mass is 16.1. The SMILES string of the molecule is Cn1ccc2c(C(=O)N[C@@H]3CCN(C4CC4)C3)cccc21. The third-order valence-electron chi connectivity index (χ3n) is 4.79. The molecule has 4 heteroatoms. The fourth-order valence-electron chi connectivity index (χ4n) is 3.44. The van der Waals surface area contributed by atoms with Gasteiger partial charge in [-0.2, -0.15) is 0 Å². The number of hydrogen-bond acceptors (Lipinski definition) is 2. The average molecular weight is 283 g/mol. The maximum absolute atomic E-state index is 12.6. The number of carbonyl (C=O) groups is 1. The van der Waals surface area contributed by atoms with Crippen molar-refractivity contribution in [3.63, 3.8) is 0 Å². The first kappa shape index (κ1) is 12.9. The summed E-state index contributed by atoms with van der Waals surface area (Å²) in [6.45, 7) is 2.15. The van der Waals surface area contributed by atoms with Crippen LogP contribution in [0.25, 0.3) is 10.9 Å². The Hall–Kier alpha value is -1.81. The Morgan fingerprint density at radius 3 is 2.90 bits per heavy atom. The maximum atomic E-state index is 12.6. The molecule has 2 aliphatic rings. The minimum absolute atomic E-state index is 0.0643. The number of fused-ring (bicyclic) bond motifs is 1. The van der Waals surface area contributed by atoms with Gasteiger partial charge in [-0.15, -0.1) is 0 Å². The number of nitrogens with zero attached hydrogens (tertiary/aromatic N) is 2. The first-order valence-corrected chi connectivity index (χ1v) is 7.81. The van der Waals surface area contributed by atoms with E-state index in [2.05, 4.69) is 20.9 Å². The molecule has 0 bridgehead atoms. The first-order valence-electron chi connectivity index (χ1n) is 7.81. The van der Waals surface area contributed by atoms with Gasteiger partial charge in [-0.25, -0.2) is 0 Å². The number of hydrogen-bond donors (Lipinski definition) is 1. The van der Waals surface area contributed by atoms with Gasteiger partial charge >= 0.3 is 0 Å². The van der Waals surface area contributed by atoms with E-state index in [0.29, 0.717) is 6.04 Å². The summed E-state index contributed by atoms with van der Waals surface area (Å²) in [6.07, 6.45) is 5.76. The van der Waals surface area contributed by atoms with E-state index in [1.54, 1.807) is 0 Å². The topological polar surface area (TPSA) is 37.3 Å². The van der Waals surface area contributed by atoms with Crippen molar-refractivity contribution in [3.05, 3.63) is 36.0 Å². The summed E-state index contributed by atoms with van der Waals surface area (Å²) in [6, 6.07) is 9.06. The van der Waals surface area contributed by atoms with Crippen molar-refractivity contribution in [2.45, 2.75) is 31.3 Å². The molecular formula is C17H21N3O. The number of aromatic nitrogens is 1. The van der Waals surface area contributed by atoms with E-state index in [9.17, 15) is 4.79 Å². The Morgan fingerprint density at radius 2 is 2.10 bits per heavy atom. The van der Waals surface area contributed by atoms with Gasteiger partial charge in [0.2, 0.25) is 0 Å². The van der Waals surface area contributed by atoms with E-state index < -0.39 is 0 Å². The number of rotatable bonds is 3. The summed E-state index contributed by atoms with van der Waals surface area (Å²) >= 11 is 0. The number of aryl methyl sites for hydroxylation is 1. The Labute approximate surface area is 124 Å². The van der Waals surface area contributed by atoms with Crippen molar-refractivity contribution >= 4 is 16.8 Å². The van der Waals surface area contributed by atoms with Crippen LogP contribution in [0.3, 0.4) is 0 Å². The standard InChI is InChI=1S/C17H21N3O/c1-19-9-8-14-15(3-2-4-16(14)19)17(21)18-12-7-10-20(11-12)13-5-6-13/h2-4,8-9,12-13H,5-7,10-11H2,1H3,(H,18,21)/t12-/m1/s1. The lowest BCUT2D eigenvalue weighted by Crippen LogP contribution is -2.37. The number of nitrogens with one attached hydrogen (secondary N) is 1. The molecule has 0 radical (unpaired) electrons. The van der Waals surface area contributed by atoms with Crippen molar-refractivity contribution in [1.29, 1.82) is 0 Å². The van der Waals surface area contributed by atoms with E-state index in [1.165, 1.54) is 12.8 Å². The van der Waals surface area contributed by atoms with Gasteiger partial charge in [0.05, 0.1) is 0 Å². The van der Waals surface area contributed by atoms with Crippen LogP contribution >= 0.6 is 0 Å². The fourth-order valence-corrected chi connectivity index (χ4v) is 3.44. The second kappa shape index (κ2) is 4.88. The molecule has 1 aliphatic heterocycles. The quantitative estimate of drug-likeness (QED) is 0.937. The first-order chi connectivity index (χ1) is 10.2. The van der Waals surface area contributed by atoms with E-state index in [0.717, 1.165) is 42.0 Å². The highest BCUT2D eigenvalue weighted by Crippen LogP contribution is 2.30. The van der Waals surface area contributed by atoms with E-state index >= 15 is 0 Å². The smallest absolute Gasteiger partial charge is 0.252 e. The molecule has 0 unspecified atom stereocenters. The normalized spacial score (nSPS) is 22.8. The van der Waals surface area contributed by atoms with Gasteiger partial charge in [0.25, 0.3) is 5.91 Å². The van der Waals surface area contributed by atoms with Crippen LogP contribution in [0.4, 0.5) is 0 Å². The molecule has 1 saturated carbocycles. The summed E-state index contributed by atoms with van der Waals surface area (Å²) < 4.78 is 2.05. The third kappa shape index (κ3) is 2.33. The lowest BCUT2D eigenvalue weighted by Gasteiger charge is -2.16. The molecule has 1 saturated heterocycles. The Morgan fingerprint density at radius 1 is 1.24 bits per heavy atom. The van der Waals surface area contributed by atoms with Gasteiger partial charge in [0.15, 0.2) is 0 Å². The van der Waals surface area contributed by atoms with Crippen molar-refractivity contribution in [2.75, 3.05) is 13.1 Å². The zero-order chi connectivity index (χ0) is 14.4. The molecule has 1 aromatic heterocycles. The summed E-state index contributed by atoms with van der Waals surface area (Å²) in [5, 5.41) is 4.26. The van der Waals surface area contributed by atoms with Gasteiger partial charge in [0.1, 0.15) is 0 Å². The van der Waals surface area contributed by atoms with Crippen molar-refractivity contribution in [2.24, 2.45) is 7.05 Å². The van der Waals surface area contributed by atoms with Crippen LogP contribution in [0.2, 0.25) is 0 Å². The zero-order valence-electron chi connectivity index (χ0n) is 12.4. The third-order valence-corrected chi connectivity index (χ3v) is 4.79. The molecule has 0 spiro atoms. The Kier molecular flexibility index (Phi) is 3.00. The summed E-state index contributed by atoms with van der Waals surface area (Å²) in [4.78, 5) is 15.1. The maximum Gasteiger partial charge on any atom is 0.252 e. The molecule has 2 heterocycles. The molecule has 1 atom stereocenters. The summed E-state index contributed by atoms with van der Waals surface area (Å²) in [5.74, 6) is 0.0643. The molecule has 4 nitrogen and oxygen atoms in total. The minimum Gasteiger partial charge on any atom is -0.351 e. The van der Waals surface area contributed by atoms with Crippen molar-refractivity contribution in [3.8, 4) is 0 Å². The number of amides is 1. The summed E-state index contributed by atoms with van der Waals surface area (Å²) in [5.41, 5.74) is 1.90. The second-order valence-corrected chi connectivity index (χ2v) is 6.35. The van der Waals surface area contributed by atoms with Crippen LogP contribution in [0.5, 0.6) is 0 Å². The monoisotopic (exact) mass is 283 g/mol. The lowest BCUT2D eigenvalue weighted by atomic mass is 10.1. The van der Waals surface area contributed by atoms with Crippen LogP contribution in [0, 0.1) is 0 Å². The number of carbonyl (C=O) groups excluding carboxylic acids is 1. The Bertz CT molecular complexity index is 686. The van der Waals surface area contributed by atoms with Gasteiger partial charge in [0, 0.05) is 54.9 Å². The minimum atomic E-state index is 0.0643. The second-order valence-electron chi connectivity index (χ2n) is 6.35. The predicted octanol–water partition coefficient (Wildman–Crippen LogP) is 2.14. The van der Waals surface area contributed by atoms with Crippen molar-refractivity contribution < 1.29 is 4.79 Å². The Balaban J connectivity index is 1.51. The summed E-state index contributed by atoms with van der Waals surface area (Å²) in [7, 11) is 2.01. The molecule has 21 heavy (non-hydrogen) atoms. The van der Waals surface area contributed by atoms with E-state index in [-0.39, 0.29) is 5.91 Å². The van der Waals surface area contributed by atoms with Crippen LogP contribution in [-0.2, 0) is 7.05 Å². The largest absolute Gasteiger partial charge is 0.351 e. The average Bonchev–Trinajstić information content (AvgIpc) is 3.13. The van der Waals surface area contributed by atoms with Gasteiger partial charge in [-0.3, -0.25) is 9.69 Å². The van der Waals surface area contributed by atoms with Crippen LogP contribution < -0.4 is 5.32 Å². The number of likely N-dealkylation sites (tertiary alicyclic amines) is 1. The van der Waals surface area contributed by atoms with Crippen LogP contribution in [0.1, 0.15) is 29.6 Å². The molecule has 1 aliphatic carbocycles. The molecule has 4 rings (SSSR count). The van der Waals surface area contributed by atoms with Gasteiger partial charge in [-0.05, 0) is 37.5 Å². The number of benzene rings is 1. The molecule has 2 aromatic rings. The van der Waals surface area contributed by atoms with E-state index in [4.69, 9.17) is 0 Å². The van der Waals surface area contributed by atoms with Gasteiger partial charge in [-0.1, -0.05) is 6.07 Å². The fraction of sp³-hybridized carbons (Fsp3) is 0.471. The molecule has 110 valence electrons. The van der Waals surface area contributed by atoms with Gasteiger partial charge < -0.3 is 9.88 Å². The molecule has 1 amide bonds. The van der Waals surface area contributed by atoms with Crippen LogP contribution in [-0.4, -0.2) is 40.5 Å². The zero-order valence-corrected chi connectivity index (χ0v) is 12.4.